The van der Waals surface area contributed by atoms with Gasteiger partial charge in [0.15, 0.2) is 0 Å². The van der Waals surface area contributed by atoms with Crippen molar-refractivity contribution in [2.75, 3.05) is 26.7 Å². The van der Waals surface area contributed by atoms with Crippen molar-refractivity contribution in [1.82, 2.24) is 9.21 Å². The number of halogens is 1. The van der Waals surface area contributed by atoms with E-state index >= 15 is 0 Å². The van der Waals surface area contributed by atoms with Crippen molar-refractivity contribution in [3.63, 3.8) is 0 Å². The van der Waals surface area contributed by atoms with Gasteiger partial charge < -0.3 is 9.64 Å². The average Bonchev–Trinajstić information content (AvgIpc) is 2.55. The lowest BCUT2D eigenvalue weighted by Gasteiger charge is -2.38. The number of likely N-dealkylation sites (N-methyl/N-ethyl adjacent to an activating group) is 1. The molecule has 2 rings (SSSR count). The van der Waals surface area contributed by atoms with E-state index in [4.69, 9.17) is 4.74 Å². The maximum Gasteiger partial charge on any atom is 0.243 e. The minimum atomic E-state index is -3.69. The molecule has 0 saturated carbocycles. The SMILES string of the molecule is CCC1COC(C)CN1C(=O)CN(C)S(=O)(=O)c1ccc(Br)cc1. The highest BCUT2D eigenvalue weighted by Crippen LogP contribution is 2.19. The standard InChI is InChI=1S/C16H23BrN2O4S/c1-4-14-11-23-12(2)9-19(14)16(20)10-18(3)24(21,22)15-7-5-13(17)6-8-15/h5-8,12,14H,4,9-11H2,1-3H3. The first-order chi connectivity index (χ1) is 11.3. The smallest absolute Gasteiger partial charge is 0.243 e. The Hall–Kier alpha value is -0.960. The van der Waals surface area contributed by atoms with E-state index < -0.39 is 10.0 Å². The Balaban J connectivity index is 2.11. The van der Waals surface area contributed by atoms with E-state index in [2.05, 4.69) is 15.9 Å². The fraction of sp³-hybridized carbons (Fsp3) is 0.562. The van der Waals surface area contributed by atoms with Gasteiger partial charge in [-0.15, -0.1) is 0 Å². The van der Waals surface area contributed by atoms with E-state index in [1.54, 1.807) is 17.0 Å². The van der Waals surface area contributed by atoms with Crippen molar-refractivity contribution in [2.45, 2.75) is 37.3 Å². The van der Waals surface area contributed by atoms with E-state index in [1.165, 1.54) is 19.2 Å². The first kappa shape index (κ1) is 19.4. The van der Waals surface area contributed by atoms with Crippen LogP contribution >= 0.6 is 15.9 Å². The van der Waals surface area contributed by atoms with Gasteiger partial charge in [0.2, 0.25) is 15.9 Å². The molecule has 134 valence electrons. The van der Waals surface area contributed by atoms with Gasteiger partial charge in [0.1, 0.15) is 0 Å². The molecule has 1 aromatic rings. The van der Waals surface area contributed by atoms with Crippen molar-refractivity contribution in [3.8, 4) is 0 Å². The molecule has 8 heteroatoms. The Labute approximate surface area is 151 Å². The second kappa shape index (κ2) is 7.95. The fourth-order valence-electron chi connectivity index (χ4n) is 2.64. The molecule has 0 spiro atoms. The highest BCUT2D eigenvalue weighted by molar-refractivity contribution is 9.10. The lowest BCUT2D eigenvalue weighted by Crippen LogP contribution is -2.54. The topological polar surface area (TPSA) is 66.9 Å². The Bertz CT molecular complexity index is 678. The third-order valence-corrected chi connectivity index (χ3v) is 6.49. The van der Waals surface area contributed by atoms with Gasteiger partial charge in [0.05, 0.1) is 30.2 Å². The van der Waals surface area contributed by atoms with Crippen LogP contribution in [0.5, 0.6) is 0 Å². The van der Waals surface area contributed by atoms with E-state index in [9.17, 15) is 13.2 Å². The monoisotopic (exact) mass is 418 g/mol. The maximum absolute atomic E-state index is 12.6. The average molecular weight is 419 g/mol. The van der Waals surface area contributed by atoms with E-state index in [0.29, 0.717) is 13.2 Å². The summed E-state index contributed by atoms with van der Waals surface area (Å²) < 4.78 is 32.7. The molecular formula is C16H23BrN2O4S. The molecule has 24 heavy (non-hydrogen) atoms. The van der Waals surface area contributed by atoms with Crippen LogP contribution in [-0.2, 0) is 19.6 Å². The summed E-state index contributed by atoms with van der Waals surface area (Å²) in [6.07, 6.45) is 0.742. The van der Waals surface area contributed by atoms with Crippen LogP contribution in [0.3, 0.4) is 0 Å². The zero-order chi connectivity index (χ0) is 17.9. The molecule has 0 bridgehead atoms. The molecule has 1 fully saturated rings. The summed E-state index contributed by atoms with van der Waals surface area (Å²) in [5.41, 5.74) is 0. The molecule has 1 saturated heterocycles. The minimum Gasteiger partial charge on any atom is -0.375 e. The number of sulfonamides is 1. The molecule has 2 unspecified atom stereocenters. The first-order valence-electron chi connectivity index (χ1n) is 7.88. The van der Waals surface area contributed by atoms with Gasteiger partial charge in [-0.3, -0.25) is 4.79 Å². The number of benzene rings is 1. The number of rotatable bonds is 5. The number of nitrogens with zero attached hydrogens (tertiary/aromatic N) is 2. The summed E-state index contributed by atoms with van der Waals surface area (Å²) in [5.74, 6) is -0.194. The Morgan fingerprint density at radius 1 is 1.38 bits per heavy atom. The van der Waals surface area contributed by atoms with Gasteiger partial charge in [0, 0.05) is 18.1 Å². The summed E-state index contributed by atoms with van der Waals surface area (Å²) in [6.45, 7) is 4.71. The van der Waals surface area contributed by atoms with Gasteiger partial charge in [-0.2, -0.15) is 4.31 Å². The first-order valence-corrected chi connectivity index (χ1v) is 10.1. The van der Waals surface area contributed by atoms with Gasteiger partial charge >= 0.3 is 0 Å². The van der Waals surface area contributed by atoms with Crippen LogP contribution in [0, 0.1) is 0 Å². The van der Waals surface area contributed by atoms with E-state index in [0.717, 1.165) is 15.2 Å². The molecule has 0 aromatic heterocycles. The van der Waals surface area contributed by atoms with E-state index in [1.807, 2.05) is 13.8 Å². The highest BCUT2D eigenvalue weighted by Gasteiger charge is 2.32. The van der Waals surface area contributed by atoms with Gasteiger partial charge in [-0.1, -0.05) is 22.9 Å². The molecule has 2 atom stereocenters. The molecule has 6 nitrogen and oxygen atoms in total. The minimum absolute atomic E-state index is 0.00233. The summed E-state index contributed by atoms with van der Waals surface area (Å²) in [4.78, 5) is 14.5. The van der Waals surface area contributed by atoms with Crippen LogP contribution in [0.25, 0.3) is 0 Å². The molecule has 0 radical (unpaired) electrons. The molecule has 1 aliphatic rings. The Kier molecular flexibility index (Phi) is 6.41. The summed E-state index contributed by atoms with van der Waals surface area (Å²) in [6, 6.07) is 6.37. The summed E-state index contributed by atoms with van der Waals surface area (Å²) in [7, 11) is -2.26. The van der Waals surface area contributed by atoms with Crippen molar-refractivity contribution < 1.29 is 17.9 Å². The molecular weight excluding hydrogens is 396 g/mol. The predicted molar refractivity (Wildman–Crippen MR) is 95.2 cm³/mol. The largest absolute Gasteiger partial charge is 0.375 e. The number of hydrogen-bond donors (Lipinski definition) is 0. The number of ether oxygens (including phenoxy) is 1. The second-order valence-electron chi connectivity index (χ2n) is 5.97. The zero-order valence-corrected chi connectivity index (χ0v) is 16.5. The third-order valence-electron chi connectivity index (χ3n) is 4.14. The van der Waals surface area contributed by atoms with Crippen molar-refractivity contribution in [3.05, 3.63) is 28.7 Å². The quantitative estimate of drug-likeness (QED) is 0.733. The number of carbonyl (C=O) groups is 1. The number of carbonyl (C=O) groups excluding carboxylic acids is 1. The van der Waals surface area contributed by atoms with Crippen LogP contribution in [0.2, 0.25) is 0 Å². The second-order valence-corrected chi connectivity index (χ2v) is 8.93. The third kappa shape index (κ3) is 4.36. The van der Waals surface area contributed by atoms with Crippen LogP contribution in [0.4, 0.5) is 0 Å². The van der Waals surface area contributed by atoms with Crippen LogP contribution in [0.1, 0.15) is 20.3 Å². The number of amides is 1. The van der Waals surface area contributed by atoms with Crippen LogP contribution in [0.15, 0.2) is 33.6 Å². The van der Waals surface area contributed by atoms with Crippen molar-refractivity contribution in [2.24, 2.45) is 0 Å². The normalized spacial score (nSPS) is 22.0. The molecule has 1 aliphatic heterocycles. The van der Waals surface area contributed by atoms with Gasteiger partial charge in [0.25, 0.3) is 0 Å². The fourth-order valence-corrected chi connectivity index (χ4v) is 4.03. The van der Waals surface area contributed by atoms with Gasteiger partial charge in [-0.05, 0) is 37.6 Å². The summed E-state index contributed by atoms with van der Waals surface area (Å²) >= 11 is 3.28. The lowest BCUT2D eigenvalue weighted by atomic mass is 10.1. The highest BCUT2D eigenvalue weighted by atomic mass is 79.9. The van der Waals surface area contributed by atoms with Crippen LogP contribution in [-0.4, -0.2) is 62.4 Å². The zero-order valence-electron chi connectivity index (χ0n) is 14.1. The Morgan fingerprint density at radius 3 is 2.58 bits per heavy atom. The summed E-state index contributed by atoms with van der Waals surface area (Å²) in [5, 5.41) is 0. The Morgan fingerprint density at radius 2 is 2.00 bits per heavy atom. The molecule has 0 N–H and O–H groups in total. The maximum atomic E-state index is 12.6. The van der Waals surface area contributed by atoms with Crippen LogP contribution < -0.4 is 0 Å². The molecule has 1 aromatic carbocycles. The van der Waals surface area contributed by atoms with Gasteiger partial charge in [-0.25, -0.2) is 8.42 Å². The number of hydrogen-bond acceptors (Lipinski definition) is 4. The predicted octanol–water partition coefficient (Wildman–Crippen LogP) is 2.10. The van der Waals surface area contributed by atoms with Crippen molar-refractivity contribution in [1.29, 1.82) is 0 Å². The molecule has 0 aliphatic carbocycles. The molecule has 1 heterocycles. The number of morpholine rings is 1. The van der Waals surface area contributed by atoms with E-state index in [-0.39, 0.29) is 29.5 Å². The molecule has 1 amide bonds. The van der Waals surface area contributed by atoms with Crippen molar-refractivity contribution >= 4 is 31.9 Å². The lowest BCUT2D eigenvalue weighted by molar-refractivity contribution is -0.144.